The van der Waals surface area contributed by atoms with Gasteiger partial charge in [-0.25, -0.2) is 14.8 Å². The second-order valence-corrected chi connectivity index (χ2v) is 5.27. The summed E-state index contributed by atoms with van der Waals surface area (Å²) in [6.07, 6.45) is 0. The standard InChI is InChI=1S/C16H20N4O3/c1-6-23-15(22)13-10(4)12(11(5)19-13)14(21)20-16-17-8(2)7-9(3)18-16/h7,19H,6H2,1-5H3,(H,17,18,20,21). The number of aromatic amines is 1. The maximum Gasteiger partial charge on any atom is 0.355 e. The third-order valence-electron chi connectivity index (χ3n) is 3.35. The van der Waals surface area contributed by atoms with E-state index in [2.05, 4.69) is 20.3 Å². The number of carbonyl (C=O) groups excluding carboxylic acids is 2. The Morgan fingerprint density at radius 2 is 1.78 bits per heavy atom. The topological polar surface area (TPSA) is 97.0 Å². The van der Waals surface area contributed by atoms with Crippen LogP contribution >= 0.6 is 0 Å². The van der Waals surface area contributed by atoms with Crippen molar-refractivity contribution in [1.82, 2.24) is 15.0 Å². The third-order valence-corrected chi connectivity index (χ3v) is 3.35. The highest BCUT2D eigenvalue weighted by atomic mass is 16.5. The van der Waals surface area contributed by atoms with Gasteiger partial charge in [0.05, 0.1) is 12.2 Å². The third kappa shape index (κ3) is 3.56. The molecule has 2 rings (SSSR count). The SMILES string of the molecule is CCOC(=O)c1[nH]c(C)c(C(=O)Nc2nc(C)cc(C)n2)c1C. The molecule has 0 aliphatic heterocycles. The number of nitrogens with one attached hydrogen (secondary N) is 2. The minimum absolute atomic E-state index is 0.241. The first-order valence-electron chi connectivity index (χ1n) is 7.33. The summed E-state index contributed by atoms with van der Waals surface area (Å²) in [6, 6.07) is 1.82. The van der Waals surface area contributed by atoms with Gasteiger partial charge in [0.2, 0.25) is 5.95 Å². The number of ether oxygens (including phenoxy) is 1. The van der Waals surface area contributed by atoms with E-state index in [9.17, 15) is 9.59 Å². The van der Waals surface area contributed by atoms with E-state index in [-0.39, 0.29) is 24.2 Å². The lowest BCUT2D eigenvalue weighted by molar-refractivity contribution is 0.0519. The van der Waals surface area contributed by atoms with Gasteiger partial charge in [-0.15, -0.1) is 0 Å². The van der Waals surface area contributed by atoms with E-state index < -0.39 is 5.97 Å². The Bertz CT molecular complexity index is 745. The zero-order valence-electron chi connectivity index (χ0n) is 13.9. The lowest BCUT2D eigenvalue weighted by Gasteiger charge is -2.06. The molecular formula is C16H20N4O3. The van der Waals surface area contributed by atoms with Gasteiger partial charge in [0.15, 0.2) is 0 Å². The first kappa shape index (κ1) is 16.7. The van der Waals surface area contributed by atoms with Crippen molar-refractivity contribution >= 4 is 17.8 Å². The fourth-order valence-corrected chi connectivity index (χ4v) is 2.44. The molecular weight excluding hydrogens is 296 g/mol. The molecule has 7 heteroatoms. The number of hydrogen-bond acceptors (Lipinski definition) is 5. The van der Waals surface area contributed by atoms with Gasteiger partial charge in [0.1, 0.15) is 5.69 Å². The first-order valence-corrected chi connectivity index (χ1v) is 7.33. The summed E-state index contributed by atoms with van der Waals surface area (Å²) in [7, 11) is 0. The Kier molecular flexibility index (Phi) is 4.78. The molecule has 1 amide bonds. The van der Waals surface area contributed by atoms with Crippen molar-refractivity contribution < 1.29 is 14.3 Å². The van der Waals surface area contributed by atoms with E-state index in [1.807, 2.05) is 19.9 Å². The van der Waals surface area contributed by atoms with Crippen LogP contribution in [0.15, 0.2) is 6.07 Å². The summed E-state index contributed by atoms with van der Waals surface area (Å²) >= 11 is 0. The maximum absolute atomic E-state index is 12.5. The van der Waals surface area contributed by atoms with Crippen LogP contribution in [0.1, 0.15) is 50.4 Å². The van der Waals surface area contributed by atoms with Gasteiger partial charge >= 0.3 is 5.97 Å². The molecule has 0 unspecified atom stereocenters. The zero-order chi connectivity index (χ0) is 17.1. The Labute approximate surface area is 134 Å². The highest BCUT2D eigenvalue weighted by molar-refractivity contribution is 6.07. The van der Waals surface area contributed by atoms with Crippen LogP contribution in [0.3, 0.4) is 0 Å². The van der Waals surface area contributed by atoms with Gasteiger partial charge < -0.3 is 9.72 Å². The Hall–Kier alpha value is -2.70. The number of esters is 1. The fraction of sp³-hybridized carbons (Fsp3) is 0.375. The summed E-state index contributed by atoms with van der Waals surface area (Å²) in [5.41, 5.74) is 3.35. The predicted octanol–water partition coefficient (Wildman–Crippen LogP) is 2.47. The van der Waals surface area contributed by atoms with Crippen LogP contribution in [-0.4, -0.2) is 33.4 Å². The zero-order valence-corrected chi connectivity index (χ0v) is 13.9. The Morgan fingerprint density at radius 1 is 1.17 bits per heavy atom. The summed E-state index contributed by atoms with van der Waals surface area (Å²) in [6.45, 7) is 9.09. The summed E-state index contributed by atoms with van der Waals surface area (Å²) < 4.78 is 4.98. The maximum atomic E-state index is 12.5. The van der Waals surface area contributed by atoms with Crippen LogP contribution in [0.2, 0.25) is 0 Å². The molecule has 0 saturated heterocycles. The van der Waals surface area contributed by atoms with Gasteiger partial charge in [-0.1, -0.05) is 0 Å². The average molecular weight is 316 g/mol. The molecule has 0 bridgehead atoms. The smallest absolute Gasteiger partial charge is 0.355 e. The number of amides is 1. The first-order chi connectivity index (χ1) is 10.8. The monoisotopic (exact) mass is 316 g/mol. The molecule has 0 radical (unpaired) electrons. The number of hydrogen-bond donors (Lipinski definition) is 2. The van der Waals surface area contributed by atoms with Crippen LogP contribution in [0.5, 0.6) is 0 Å². The number of anilines is 1. The summed E-state index contributed by atoms with van der Waals surface area (Å²) in [5.74, 6) is -0.600. The molecule has 0 atom stereocenters. The van der Waals surface area contributed by atoms with Crippen LogP contribution in [0, 0.1) is 27.7 Å². The molecule has 0 fully saturated rings. The molecule has 0 aliphatic carbocycles. The largest absolute Gasteiger partial charge is 0.461 e. The molecule has 0 aromatic carbocycles. The van der Waals surface area contributed by atoms with Crippen molar-refractivity contribution in [2.75, 3.05) is 11.9 Å². The molecule has 7 nitrogen and oxygen atoms in total. The van der Waals surface area contributed by atoms with Crippen molar-refractivity contribution in [3.05, 3.63) is 40.0 Å². The predicted molar refractivity (Wildman–Crippen MR) is 85.7 cm³/mol. The van der Waals surface area contributed by atoms with Gasteiger partial charge in [-0.05, 0) is 46.2 Å². The van der Waals surface area contributed by atoms with E-state index in [1.165, 1.54) is 0 Å². The molecule has 0 saturated carbocycles. The molecule has 0 spiro atoms. The van der Waals surface area contributed by atoms with Gasteiger partial charge in [-0.3, -0.25) is 10.1 Å². The van der Waals surface area contributed by atoms with Crippen molar-refractivity contribution in [2.45, 2.75) is 34.6 Å². The molecule has 2 N–H and O–H groups in total. The molecule has 122 valence electrons. The molecule has 2 aromatic heterocycles. The summed E-state index contributed by atoms with van der Waals surface area (Å²) in [4.78, 5) is 35.7. The number of carbonyl (C=O) groups is 2. The second kappa shape index (κ2) is 6.60. The lowest BCUT2D eigenvalue weighted by atomic mass is 10.1. The normalized spacial score (nSPS) is 10.5. The van der Waals surface area contributed by atoms with Crippen molar-refractivity contribution in [1.29, 1.82) is 0 Å². The minimum Gasteiger partial charge on any atom is -0.461 e. The highest BCUT2D eigenvalue weighted by Gasteiger charge is 2.23. The Balaban J connectivity index is 2.31. The van der Waals surface area contributed by atoms with E-state index >= 15 is 0 Å². The number of rotatable bonds is 4. The number of nitrogens with zero attached hydrogens (tertiary/aromatic N) is 2. The van der Waals surface area contributed by atoms with E-state index in [0.717, 1.165) is 11.4 Å². The molecule has 0 aliphatic rings. The molecule has 2 aromatic rings. The van der Waals surface area contributed by atoms with E-state index in [4.69, 9.17) is 4.74 Å². The summed E-state index contributed by atoms with van der Waals surface area (Å²) in [5, 5.41) is 2.67. The lowest BCUT2D eigenvalue weighted by Crippen LogP contribution is -2.16. The van der Waals surface area contributed by atoms with E-state index in [1.54, 1.807) is 20.8 Å². The average Bonchev–Trinajstić information content (AvgIpc) is 2.73. The molecule has 23 heavy (non-hydrogen) atoms. The van der Waals surface area contributed by atoms with Crippen molar-refractivity contribution in [2.24, 2.45) is 0 Å². The van der Waals surface area contributed by atoms with Crippen molar-refractivity contribution in [3.63, 3.8) is 0 Å². The van der Waals surface area contributed by atoms with Crippen LogP contribution in [0.4, 0.5) is 5.95 Å². The van der Waals surface area contributed by atoms with Crippen LogP contribution in [0.25, 0.3) is 0 Å². The van der Waals surface area contributed by atoms with Gasteiger partial charge in [0, 0.05) is 17.1 Å². The minimum atomic E-state index is -0.477. The fourth-order valence-electron chi connectivity index (χ4n) is 2.44. The van der Waals surface area contributed by atoms with Gasteiger partial charge in [-0.2, -0.15) is 0 Å². The highest BCUT2D eigenvalue weighted by Crippen LogP contribution is 2.20. The van der Waals surface area contributed by atoms with Gasteiger partial charge in [0.25, 0.3) is 5.91 Å². The quantitative estimate of drug-likeness (QED) is 0.845. The Morgan fingerprint density at radius 3 is 2.35 bits per heavy atom. The number of H-pyrrole nitrogens is 1. The van der Waals surface area contributed by atoms with Crippen molar-refractivity contribution in [3.8, 4) is 0 Å². The van der Waals surface area contributed by atoms with Crippen LogP contribution < -0.4 is 5.32 Å². The van der Waals surface area contributed by atoms with Crippen LogP contribution in [-0.2, 0) is 4.74 Å². The second-order valence-electron chi connectivity index (χ2n) is 5.27. The number of aryl methyl sites for hydroxylation is 3. The molecule has 2 heterocycles. The van der Waals surface area contributed by atoms with E-state index in [0.29, 0.717) is 16.8 Å². The number of aromatic nitrogens is 3.